The largest absolute Gasteiger partial charge is 0.492 e. The highest BCUT2D eigenvalue weighted by atomic mass is 31.0. The lowest BCUT2D eigenvalue weighted by molar-refractivity contribution is 0.0145. The summed E-state index contributed by atoms with van der Waals surface area (Å²) in [6.07, 6.45) is 2.08. The van der Waals surface area contributed by atoms with Gasteiger partial charge in [-0.1, -0.05) is 10.5 Å². The molecule has 0 saturated carbocycles. The zero-order valence-corrected chi connectivity index (χ0v) is 18.6. The molecule has 1 unspecified atom stereocenters. The quantitative estimate of drug-likeness (QED) is 0.464. The molecule has 1 amide bonds. The van der Waals surface area contributed by atoms with Crippen molar-refractivity contribution < 1.29 is 18.7 Å². The van der Waals surface area contributed by atoms with Crippen LogP contribution >= 0.6 is 9.24 Å². The first-order valence-electron chi connectivity index (χ1n) is 10.3. The van der Waals surface area contributed by atoms with E-state index in [0.717, 1.165) is 54.0 Å². The second-order valence-corrected chi connectivity index (χ2v) is 8.59. The summed E-state index contributed by atoms with van der Waals surface area (Å²) in [6, 6.07) is 7.14. The molecule has 2 aliphatic heterocycles. The Labute approximate surface area is 185 Å². The van der Waals surface area contributed by atoms with E-state index in [9.17, 15) is 14.1 Å². The van der Waals surface area contributed by atoms with Crippen molar-refractivity contribution in [2.45, 2.75) is 19.1 Å². The van der Waals surface area contributed by atoms with Gasteiger partial charge in [0.2, 0.25) is 0 Å². The van der Waals surface area contributed by atoms with Crippen molar-refractivity contribution in [2.75, 3.05) is 26.7 Å². The van der Waals surface area contributed by atoms with Crippen LogP contribution in [0.5, 0.6) is 11.5 Å². The monoisotopic (exact) mass is 456 g/mol. The van der Waals surface area contributed by atoms with E-state index in [-0.39, 0.29) is 22.5 Å². The highest BCUT2D eigenvalue weighted by molar-refractivity contribution is 7.28. The molecule has 0 bridgehead atoms. The number of pyridine rings is 2. The Balaban J connectivity index is 1.23. The summed E-state index contributed by atoms with van der Waals surface area (Å²) >= 11 is 0. The zero-order chi connectivity index (χ0) is 22.4. The third-order valence-corrected chi connectivity index (χ3v) is 6.48. The Kier molecular flexibility index (Phi) is 5.31. The molecule has 1 N–H and O–H groups in total. The van der Waals surface area contributed by atoms with Gasteiger partial charge in [0.1, 0.15) is 23.3 Å². The van der Waals surface area contributed by atoms with Gasteiger partial charge in [-0.05, 0) is 29.1 Å². The molecule has 1 saturated heterocycles. The first-order valence-corrected chi connectivity index (χ1v) is 10.9. The van der Waals surface area contributed by atoms with Gasteiger partial charge in [0.05, 0.1) is 23.9 Å². The van der Waals surface area contributed by atoms with Crippen LogP contribution in [0, 0.1) is 0 Å². The van der Waals surface area contributed by atoms with Crippen molar-refractivity contribution in [2.24, 2.45) is 0 Å². The minimum absolute atomic E-state index is 0.00424. The Morgan fingerprint density at radius 3 is 2.91 bits per heavy atom. The molecular weight excluding hydrogens is 434 g/mol. The van der Waals surface area contributed by atoms with Gasteiger partial charge in [-0.15, -0.1) is 9.24 Å². The first kappa shape index (κ1) is 20.8. The highest BCUT2D eigenvalue weighted by Gasteiger charge is 2.29. The van der Waals surface area contributed by atoms with Crippen molar-refractivity contribution in [3.05, 3.63) is 57.6 Å². The van der Waals surface area contributed by atoms with Gasteiger partial charge in [0.25, 0.3) is 11.5 Å². The SMILES string of the molecule is CN(F)C(=O)c1ccc(OC2CN(Cc3ccc4c5c(c(=O)[nH]c4c3P)CCO5)C2)cn1. The molecule has 5 rings (SSSR count). The maximum Gasteiger partial charge on any atom is 0.299 e. The Bertz CT molecular complexity index is 1260. The molecule has 0 spiro atoms. The minimum atomic E-state index is -0.798. The summed E-state index contributed by atoms with van der Waals surface area (Å²) in [4.78, 5) is 33.1. The number of rotatable bonds is 5. The van der Waals surface area contributed by atoms with Crippen molar-refractivity contribution in [1.82, 2.24) is 20.0 Å². The van der Waals surface area contributed by atoms with E-state index < -0.39 is 5.91 Å². The van der Waals surface area contributed by atoms with Crippen LogP contribution in [0.1, 0.15) is 21.6 Å². The van der Waals surface area contributed by atoms with Crippen LogP contribution < -0.4 is 20.3 Å². The number of carbonyl (C=O) groups is 1. The average molecular weight is 456 g/mol. The fourth-order valence-corrected chi connectivity index (χ4v) is 4.54. The van der Waals surface area contributed by atoms with Gasteiger partial charge in [-0.25, -0.2) is 4.98 Å². The van der Waals surface area contributed by atoms with Gasteiger partial charge in [0, 0.05) is 38.5 Å². The van der Waals surface area contributed by atoms with Crippen LogP contribution in [0.2, 0.25) is 0 Å². The predicted molar refractivity (Wildman–Crippen MR) is 120 cm³/mol. The summed E-state index contributed by atoms with van der Waals surface area (Å²) in [6.45, 7) is 2.74. The summed E-state index contributed by atoms with van der Waals surface area (Å²) in [5.74, 6) is 0.445. The number of benzene rings is 1. The Morgan fingerprint density at radius 2 is 2.19 bits per heavy atom. The van der Waals surface area contributed by atoms with E-state index in [1.807, 2.05) is 6.07 Å². The normalized spacial score (nSPS) is 15.8. The van der Waals surface area contributed by atoms with E-state index in [1.54, 1.807) is 6.07 Å². The number of amides is 1. The second-order valence-electron chi connectivity index (χ2n) is 8.02. The van der Waals surface area contributed by atoms with E-state index in [0.29, 0.717) is 24.5 Å². The number of H-pyrrole nitrogens is 1. The topological polar surface area (TPSA) is 87.8 Å². The highest BCUT2D eigenvalue weighted by Crippen LogP contribution is 2.31. The zero-order valence-electron chi connectivity index (χ0n) is 17.4. The molecule has 166 valence electrons. The molecule has 0 radical (unpaired) electrons. The van der Waals surface area contributed by atoms with Crippen molar-refractivity contribution in [1.29, 1.82) is 0 Å². The summed E-state index contributed by atoms with van der Waals surface area (Å²) in [5.41, 5.74) is 2.57. The van der Waals surface area contributed by atoms with Crippen LogP contribution in [-0.4, -0.2) is 58.7 Å². The summed E-state index contributed by atoms with van der Waals surface area (Å²) in [5, 5.41) is 1.89. The molecule has 2 aliphatic rings. The fourth-order valence-electron chi connectivity index (χ4n) is 4.12. The molecule has 2 aromatic heterocycles. The van der Waals surface area contributed by atoms with Gasteiger partial charge in [-0.3, -0.25) is 14.5 Å². The Hall–Kier alpha value is -3.03. The summed E-state index contributed by atoms with van der Waals surface area (Å²) in [7, 11) is 3.78. The molecule has 1 fully saturated rings. The Morgan fingerprint density at radius 1 is 1.38 bits per heavy atom. The van der Waals surface area contributed by atoms with Gasteiger partial charge >= 0.3 is 0 Å². The predicted octanol–water partition coefficient (Wildman–Crippen LogP) is 1.58. The number of halogens is 1. The third kappa shape index (κ3) is 3.72. The number of aromatic amines is 1. The number of fused-ring (bicyclic) bond motifs is 3. The number of aromatic nitrogens is 2. The lowest BCUT2D eigenvalue weighted by Crippen LogP contribution is -2.53. The average Bonchev–Trinajstić information content (AvgIpc) is 3.25. The van der Waals surface area contributed by atoms with E-state index in [2.05, 4.69) is 30.2 Å². The lowest BCUT2D eigenvalue weighted by Gasteiger charge is -2.39. The van der Waals surface area contributed by atoms with Crippen LogP contribution in [-0.2, 0) is 13.0 Å². The molecule has 32 heavy (non-hydrogen) atoms. The number of hydrogen-bond acceptors (Lipinski definition) is 6. The molecule has 8 nitrogen and oxygen atoms in total. The van der Waals surface area contributed by atoms with E-state index in [4.69, 9.17) is 9.47 Å². The van der Waals surface area contributed by atoms with Gasteiger partial charge in [0.15, 0.2) is 0 Å². The first-order chi connectivity index (χ1) is 15.4. The molecular formula is C22H22FN4O4P. The molecule has 1 atom stereocenters. The van der Waals surface area contributed by atoms with Crippen LogP contribution in [0.3, 0.4) is 0 Å². The van der Waals surface area contributed by atoms with Crippen molar-refractivity contribution >= 4 is 31.4 Å². The lowest BCUT2D eigenvalue weighted by atomic mass is 10.1. The number of hydrogen-bond donors (Lipinski definition) is 1. The third-order valence-electron chi connectivity index (χ3n) is 5.82. The van der Waals surface area contributed by atoms with E-state index in [1.165, 1.54) is 12.3 Å². The van der Waals surface area contributed by atoms with E-state index >= 15 is 0 Å². The van der Waals surface area contributed by atoms with Crippen LogP contribution in [0.15, 0.2) is 35.3 Å². The molecule has 4 heterocycles. The van der Waals surface area contributed by atoms with Crippen molar-refractivity contribution in [3.63, 3.8) is 0 Å². The molecule has 3 aromatic rings. The van der Waals surface area contributed by atoms with Gasteiger partial charge in [-0.2, -0.15) is 5.12 Å². The second kappa shape index (κ2) is 8.15. The van der Waals surface area contributed by atoms with Gasteiger partial charge < -0.3 is 14.5 Å². The summed E-state index contributed by atoms with van der Waals surface area (Å²) < 4.78 is 24.5. The minimum Gasteiger partial charge on any atom is -0.492 e. The number of nitrogens with zero attached hydrogens (tertiary/aromatic N) is 3. The number of likely N-dealkylation sites (tertiary alicyclic amines) is 1. The molecule has 1 aromatic carbocycles. The maximum absolute atomic E-state index is 13.0. The molecule has 0 aliphatic carbocycles. The fraction of sp³-hybridized carbons (Fsp3) is 0.318. The number of carbonyl (C=O) groups excluding carboxylic acids is 1. The number of ether oxygens (including phenoxy) is 2. The standard InChI is InChI=1S/C22H22FN4O4P/c1-26(23)22(29)17-5-3-13(8-24-17)31-14-10-27(11-14)9-12-2-4-15-18(20(12)32)25-21(28)16-6-7-30-19(15)16/h2-5,8,14H,6-7,9-11,32H2,1H3,(H,25,28). The smallest absolute Gasteiger partial charge is 0.299 e. The molecule has 10 heteroatoms. The number of nitrogens with one attached hydrogen (secondary N) is 1. The van der Waals surface area contributed by atoms with Crippen molar-refractivity contribution in [3.8, 4) is 11.5 Å². The van der Waals surface area contributed by atoms with Crippen LogP contribution in [0.4, 0.5) is 4.48 Å². The maximum atomic E-state index is 13.0. The van der Waals surface area contributed by atoms with Crippen LogP contribution in [0.25, 0.3) is 10.9 Å².